The Morgan fingerprint density at radius 1 is 1.15 bits per heavy atom. The van der Waals surface area contributed by atoms with E-state index in [9.17, 15) is 0 Å². The smallest absolute Gasteiger partial charge is 0.0392 e. The molecule has 68 valence electrons. The molecule has 0 radical (unpaired) electrons. The van der Waals surface area contributed by atoms with E-state index in [1.54, 1.807) is 0 Å². The number of rotatable bonds is 0. The minimum absolute atomic E-state index is 0.647. The number of hydrogen-bond acceptors (Lipinski definition) is 2. The van der Waals surface area contributed by atoms with Crippen LogP contribution in [0.1, 0.15) is 17.9 Å². The van der Waals surface area contributed by atoms with Crippen LogP contribution < -0.4 is 10.6 Å². The molecule has 13 heavy (non-hydrogen) atoms. The van der Waals surface area contributed by atoms with Gasteiger partial charge in [-0.2, -0.15) is 0 Å². The zero-order chi connectivity index (χ0) is 8.67. The Labute approximate surface area is 78.3 Å². The van der Waals surface area contributed by atoms with Gasteiger partial charge in [0.25, 0.3) is 0 Å². The summed E-state index contributed by atoms with van der Waals surface area (Å²) < 4.78 is 0. The Morgan fingerprint density at radius 3 is 3.08 bits per heavy atom. The molecule has 3 rings (SSSR count). The molecule has 1 aromatic carbocycles. The van der Waals surface area contributed by atoms with E-state index in [-0.39, 0.29) is 0 Å². The highest BCUT2D eigenvalue weighted by Crippen LogP contribution is 2.35. The fraction of sp³-hybridized carbons (Fsp3) is 0.455. The molecular weight excluding hydrogens is 160 g/mol. The molecule has 2 nitrogen and oxygen atoms in total. The second-order valence-corrected chi connectivity index (χ2v) is 4.02. The Morgan fingerprint density at radius 2 is 2.08 bits per heavy atom. The molecule has 0 aliphatic carbocycles. The van der Waals surface area contributed by atoms with Gasteiger partial charge in [0.15, 0.2) is 0 Å². The summed E-state index contributed by atoms with van der Waals surface area (Å²) in [5.74, 6) is 0.733. The number of fused-ring (bicyclic) bond motifs is 4. The van der Waals surface area contributed by atoms with Crippen molar-refractivity contribution in [3.05, 3.63) is 29.8 Å². The fourth-order valence-electron chi connectivity index (χ4n) is 2.49. The van der Waals surface area contributed by atoms with Crippen LogP contribution in [0.2, 0.25) is 0 Å². The second-order valence-electron chi connectivity index (χ2n) is 4.02. The number of anilines is 1. The summed E-state index contributed by atoms with van der Waals surface area (Å²) in [7, 11) is 0. The van der Waals surface area contributed by atoms with Crippen LogP contribution >= 0.6 is 0 Å². The van der Waals surface area contributed by atoms with Gasteiger partial charge in [0.05, 0.1) is 0 Å². The van der Waals surface area contributed by atoms with Gasteiger partial charge in [0.1, 0.15) is 0 Å². The van der Waals surface area contributed by atoms with Gasteiger partial charge in [-0.3, -0.25) is 0 Å². The van der Waals surface area contributed by atoms with E-state index in [0.29, 0.717) is 6.04 Å². The highest BCUT2D eigenvalue weighted by atomic mass is 15.0. The monoisotopic (exact) mass is 174 g/mol. The van der Waals surface area contributed by atoms with Gasteiger partial charge < -0.3 is 10.6 Å². The van der Waals surface area contributed by atoms with Crippen molar-refractivity contribution in [1.82, 2.24) is 5.32 Å². The van der Waals surface area contributed by atoms with Gasteiger partial charge in [-0.05, 0) is 18.1 Å². The molecule has 0 spiro atoms. The molecule has 1 saturated heterocycles. The van der Waals surface area contributed by atoms with E-state index >= 15 is 0 Å². The molecular formula is C11H14N2. The van der Waals surface area contributed by atoms with E-state index in [2.05, 4.69) is 34.9 Å². The lowest BCUT2D eigenvalue weighted by Crippen LogP contribution is -2.45. The van der Waals surface area contributed by atoms with Crippen molar-refractivity contribution < 1.29 is 0 Å². The van der Waals surface area contributed by atoms with Crippen LogP contribution in [-0.4, -0.2) is 19.1 Å². The van der Waals surface area contributed by atoms with Gasteiger partial charge in [0, 0.05) is 30.7 Å². The maximum absolute atomic E-state index is 3.57. The Hall–Kier alpha value is -1.02. The second kappa shape index (κ2) is 2.74. The molecule has 2 N–H and O–H groups in total. The molecule has 2 aliphatic heterocycles. The third-order valence-electron chi connectivity index (χ3n) is 3.11. The number of hydrogen-bond donors (Lipinski definition) is 2. The van der Waals surface area contributed by atoms with Crippen molar-refractivity contribution in [3.8, 4) is 0 Å². The zero-order valence-electron chi connectivity index (χ0n) is 7.59. The molecule has 2 aliphatic rings. The van der Waals surface area contributed by atoms with Gasteiger partial charge in [-0.15, -0.1) is 0 Å². The lowest BCUT2D eigenvalue weighted by Gasteiger charge is -2.37. The first-order chi connectivity index (χ1) is 6.43. The highest BCUT2D eigenvalue weighted by molar-refractivity contribution is 5.56. The maximum Gasteiger partial charge on any atom is 0.0392 e. The SMILES string of the molecule is c1ccc2c(c1)NC1CNCC2C1. The summed E-state index contributed by atoms with van der Waals surface area (Å²) in [6, 6.07) is 9.33. The number of benzene rings is 1. The summed E-state index contributed by atoms with van der Waals surface area (Å²) in [4.78, 5) is 0. The quantitative estimate of drug-likeness (QED) is 0.623. The summed E-state index contributed by atoms with van der Waals surface area (Å²) in [5, 5.41) is 7.03. The average molecular weight is 174 g/mol. The third-order valence-corrected chi connectivity index (χ3v) is 3.11. The predicted molar refractivity (Wildman–Crippen MR) is 54.1 cm³/mol. The lowest BCUT2D eigenvalue weighted by molar-refractivity contribution is 0.415. The maximum atomic E-state index is 3.57. The van der Waals surface area contributed by atoms with E-state index in [4.69, 9.17) is 0 Å². The molecule has 0 amide bonds. The summed E-state index contributed by atoms with van der Waals surface area (Å²) in [6.07, 6.45) is 1.30. The van der Waals surface area contributed by atoms with Gasteiger partial charge in [-0.25, -0.2) is 0 Å². The van der Waals surface area contributed by atoms with Crippen LogP contribution in [0.3, 0.4) is 0 Å². The average Bonchev–Trinajstić information content (AvgIpc) is 2.18. The van der Waals surface area contributed by atoms with Crippen molar-refractivity contribution in [2.75, 3.05) is 18.4 Å². The van der Waals surface area contributed by atoms with Crippen molar-refractivity contribution in [1.29, 1.82) is 0 Å². The summed E-state index contributed by atoms with van der Waals surface area (Å²) in [6.45, 7) is 2.26. The van der Waals surface area contributed by atoms with Gasteiger partial charge >= 0.3 is 0 Å². The Bertz CT molecular complexity index is 322. The van der Waals surface area contributed by atoms with Crippen LogP contribution in [0, 0.1) is 0 Å². The Kier molecular flexibility index (Phi) is 1.56. The minimum Gasteiger partial charge on any atom is -0.381 e. The Balaban J connectivity index is 2.06. The van der Waals surface area contributed by atoms with E-state index in [0.717, 1.165) is 19.0 Å². The summed E-state index contributed by atoms with van der Waals surface area (Å²) >= 11 is 0. The van der Waals surface area contributed by atoms with E-state index in [1.165, 1.54) is 17.7 Å². The number of nitrogens with one attached hydrogen (secondary N) is 2. The van der Waals surface area contributed by atoms with Crippen LogP contribution in [0.5, 0.6) is 0 Å². The molecule has 2 atom stereocenters. The largest absolute Gasteiger partial charge is 0.381 e. The molecule has 2 heteroatoms. The van der Waals surface area contributed by atoms with E-state index < -0.39 is 0 Å². The first-order valence-electron chi connectivity index (χ1n) is 4.99. The van der Waals surface area contributed by atoms with Crippen molar-refractivity contribution in [2.45, 2.75) is 18.4 Å². The summed E-state index contributed by atoms with van der Waals surface area (Å²) in [5.41, 5.74) is 2.84. The zero-order valence-corrected chi connectivity index (χ0v) is 7.59. The normalized spacial score (nSPS) is 30.5. The molecule has 1 fully saturated rings. The number of piperidine rings is 1. The molecule has 2 bridgehead atoms. The highest BCUT2D eigenvalue weighted by Gasteiger charge is 2.28. The third kappa shape index (κ3) is 1.13. The lowest BCUT2D eigenvalue weighted by atomic mass is 9.84. The van der Waals surface area contributed by atoms with E-state index in [1.807, 2.05) is 0 Å². The van der Waals surface area contributed by atoms with Crippen LogP contribution in [0.25, 0.3) is 0 Å². The molecule has 0 aromatic heterocycles. The number of para-hydroxylation sites is 1. The topological polar surface area (TPSA) is 24.1 Å². The van der Waals surface area contributed by atoms with Crippen LogP contribution in [-0.2, 0) is 0 Å². The predicted octanol–water partition coefficient (Wildman–Crippen LogP) is 1.56. The first kappa shape index (κ1) is 7.39. The fourth-order valence-corrected chi connectivity index (χ4v) is 2.49. The van der Waals surface area contributed by atoms with Crippen molar-refractivity contribution >= 4 is 5.69 Å². The van der Waals surface area contributed by atoms with Crippen LogP contribution in [0.4, 0.5) is 5.69 Å². The van der Waals surface area contributed by atoms with Crippen LogP contribution in [0.15, 0.2) is 24.3 Å². The standard InChI is InChI=1S/C11H14N2/c1-2-4-11-10(3-1)8-5-9(13-11)7-12-6-8/h1-4,8-9,12-13H,5-7H2. The first-order valence-corrected chi connectivity index (χ1v) is 4.99. The molecule has 2 heterocycles. The molecule has 0 saturated carbocycles. The molecule has 2 unspecified atom stereocenters. The van der Waals surface area contributed by atoms with Gasteiger partial charge in [0.2, 0.25) is 0 Å². The van der Waals surface area contributed by atoms with Gasteiger partial charge in [-0.1, -0.05) is 18.2 Å². The van der Waals surface area contributed by atoms with Crippen molar-refractivity contribution in [3.63, 3.8) is 0 Å². The molecule has 1 aromatic rings. The minimum atomic E-state index is 0.647. The van der Waals surface area contributed by atoms with Crippen molar-refractivity contribution in [2.24, 2.45) is 0 Å².